The van der Waals surface area contributed by atoms with E-state index in [4.69, 9.17) is 47.1 Å². The van der Waals surface area contributed by atoms with Crippen LogP contribution in [-0.2, 0) is 9.53 Å². The number of hydrogen-bond acceptors (Lipinski definition) is 8. The Morgan fingerprint density at radius 3 is 2.46 bits per heavy atom. The Morgan fingerprint density at radius 2 is 1.82 bits per heavy atom. The molecule has 1 aliphatic rings. The third kappa shape index (κ3) is 5.57. The van der Waals surface area contributed by atoms with Crippen LogP contribution in [0.25, 0.3) is 6.08 Å². The van der Waals surface area contributed by atoms with Crippen LogP contribution < -0.4 is 29.1 Å². The first kappa shape index (κ1) is 28.7. The standard InChI is InChI=1S/C28H28Cl2N2O6S/c1-6-8-19-23(27(34)38-7-2)24(17-14-16(29)9-10-20(17)35-3)32-26(33)22(39-28(32)31-19)13-15-11-18(30)25(37-5)21(12-15)36-4/h9-14,24H,6-8H2,1-5H3/b22-13+/t24-/m1/s1. The number of thiazole rings is 1. The zero-order chi connectivity index (χ0) is 28.3. The van der Waals surface area contributed by atoms with Gasteiger partial charge in [0.1, 0.15) is 11.8 Å². The summed E-state index contributed by atoms with van der Waals surface area (Å²) < 4.78 is 23.7. The summed E-state index contributed by atoms with van der Waals surface area (Å²) in [7, 11) is 4.54. The average Bonchev–Trinajstić information content (AvgIpc) is 3.22. The van der Waals surface area contributed by atoms with Crippen LogP contribution in [0.5, 0.6) is 17.2 Å². The molecule has 1 atom stereocenters. The summed E-state index contributed by atoms with van der Waals surface area (Å²) in [4.78, 5) is 32.6. The minimum atomic E-state index is -0.855. The van der Waals surface area contributed by atoms with Crippen LogP contribution in [0.3, 0.4) is 0 Å². The van der Waals surface area contributed by atoms with Crippen molar-refractivity contribution < 1.29 is 23.7 Å². The highest BCUT2D eigenvalue weighted by Gasteiger charge is 2.36. The molecule has 0 aliphatic carbocycles. The monoisotopic (exact) mass is 590 g/mol. The fourth-order valence-corrected chi connectivity index (χ4v) is 6.00. The largest absolute Gasteiger partial charge is 0.496 e. The fourth-order valence-electron chi connectivity index (χ4n) is 4.51. The van der Waals surface area contributed by atoms with Crippen LogP contribution in [0, 0.1) is 0 Å². The van der Waals surface area contributed by atoms with E-state index in [1.54, 1.807) is 43.3 Å². The Hall–Kier alpha value is -3.27. The Morgan fingerprint density at radius 1 is 1.08 bits per heavy atom. The molecule has 0 N–H and O–H groups in total. The summed E-state index contributed by atoms with van der Waals surface area (Å²) in [5, 5.41) is 0.775. The number of carbonyl (C=O) groups excluding carboxylic acids is 1. The number of hydrogen-bond donors (Lipinski definition) is 0. The number of ether oxygens (including phenoxy) is 4. The van der Waals surface area contributed by atoms with Crippen molar-refractivity contribution in [2.75, 3.05) is 27.9 Å². The van der Waals surface area contributed by atoms with E-state index in [0.717, 1.165) is 6.42 Å². The predicted octanol–water partition coefficient (Wildman–Crippen LogP) is 4.91. The number of allylic oxidation sites excluding steroid dienone is 1. The van der Waals surface area contributed by atoms with Gasteiger partial charge < -0.3 is 18.9 Å². The maximum Gasteiger partial charge on any atom is 0.338 e. The van der Waals surface area contributed by atoms with Gasteiger partial charge in [0.2, 0.25) is 0 Å². The van der Waals surface area contributed by atoms with Gasteiger partial charge in [0, 0.05) is 10.6 Å². The number of aromatic nitrogens is 1. The smallest absolute Gasteiger partial charge is 0.338 e. The first-order valence-corrected chi connectivity index (χ1v) is 13.8. The van der Waals surface area contributed by atoms with Gasteiger partial charge in [0.25, 0.3) is 5.56 Å². The number of fused-ring (bicyclic) bond motifs is 1. The molecule has 0 spiro atoms. The van der Waals surface area contributed by atoms with E-state index in [1.165, 1.54) is 37.2 Å². The quantitative estimate of drug-likeness (QED) is 0.329. The maximum absolute atomic E-state index is 14.0. The number of methoxy groups -OCH3 is 3. The van der Waals surface area contributed by atoms with E-state index in [2.05, 4.69) is 0 Å². The molecule has 1 aliphatic heterocycles. The van der Waals surface area contributed by atoms with Gasteiger partial charge in [-0.05, 0) is 55.3 Å². The summed E-state index contributed by atoms with van der Waals surface area (Å²) >= 11 is 14.0. The summed E-state index contributed by atoms with van der Waals surface area (Å²) in [6.07, 6.45) is 2.96. The minimum absolute atomic E-state index is 0.172. The molecule has 0 saturated heterocycles. The predicted molar refractivity (Wildman–Crippen MR) is 152 cm³/mol. The van der Waals surface area contributed by atoms with Crippen LogP contribution in [-0.4, -0.2) is 38.5 Å². The van der Waals surface area contributed by atoms with Crippen molar-refractivity contribution in [2.45, 2.75) is 32.7 Å². The van der Waals surface area contributed by atoms with Gasteiger partial charge in [0.05, 0.1) is 48.8 Å². The van der Waals surface area contributed by atoms with Gasteiger partial charge in [-0.2, -0.15) is 0 Å². The molecule has 3 aromatic rings. The van der Waals surface area contributed by atoms with E-state index in [9.17, 15) is 9.59 Å². The van der Waals surface area contributed by atoms with Gasteiger partial charge in [-0.25, -0.2) is 9.79 Å². The molecule has 2 heterocycles. The molecule has 0 saturated carbocycles. The van der Waals surface area contributed by atoms with Crippen LogP contribution in [0.15, 0.2) is 51.4 Å². The number of halogens is 2. The molecule has 0 unspecified atom stereocenters. The van der Waals surface area contributed by atoms with Crippen molar-refractivity contribution in [3.05, 3.63) is 82.5 Å². The van der Waals surface area contributed by atoms with Gasteiger partial charge in [0.15, 0.2) is 16.3 Å². The second-order valence-corrected chi connectivity index (χ2v) is 10.4. The summed E-state index contributed by atoms with van der Waals surface area (Å²) in [5.41, 5.74) is 1.70. The van der Waals surface area contributed by atoms with Gasteiger partial charge in [-0.15, -0.1) is 0 Å². The van der Waals surface area contributed by atoms with E-state index in [0.29, 0.717) is 59.9 Å². The topological polar surface area (TPSA) is 88.4 Å². The van der Waals surface area contributed by atoms with Crippen LogP contribution in [0.2, 0.25) is 10.0 Å². The van der Waals surface area contributed by atoms with Gasteiger partial charge >= 0.3 is 5.97 Å². The SMILES string of the molecule is CCCC1=C(C(=O)OCC)[C@@H](c2cc(Cl)ccc2OC)n2c(s/c(=C/c3cc(Cl)c(OC)c(OC)c3)c2=O)=N1. The molecule has 11 heteroatoms. The molecular formula is C28H28Cl2N2O6S. The first-order valence-electron chi connectivity index (χ1n) is 12.2. The highest BCUT2D eigenvalue weighted by atomic mass is 35.5. The molecular weight excluding hydrogens is 563 g/mol. The lowest BCUT2D eigenvalue weighted by Gasteiger charge is -2.27. The third-order valence-corrected chi connectivity index (χ3v) is 7.63. The number of rotatable bonds is 9. The number of benzene rings is 2. The highest BCUT2D eigenvalue weighted by molar-refractivity contribution is 7.07. The Labute approximate surface area is 239 Å². The lowest BCUT2D eigenvalue weighted by molar-refractivity contribution is -0.139. The first-order chi connectivity index (χ1) is 18.8. The average molecular weight is 592 g/mol. The van der Waals surface area contributed by atoms with Gasteiger partial charge in [-0.1, -0.05) is 47.9 Å². The summed E-state index contributed by atoms with van der Waals surface area (Å²) in [5.74, 6) is 0.761. The molecule has 206 valence electrons. The molecule has 4 rings (SSSR count). The van der Waals surface area contributed by atoms with Crippen molar-refractivity contribution in [1.29, 1.82) is 0 Å². The number of nitrogens with zero attached hydrogens (tertiary/aromatic N) is 2. The lowest BCUT2D eigenvalue weighted by atomic mass is 9.93. The van der Waals surface area contributed by atoms with Crippen molar-refractivity contribution >= 4 is 46.6 Å². The molecule has 0 bridgehead atoms. The van der Waals surface area contributed by atoms with Crippen LogP contribution in [0.1, 0.15) is 43.9 Å². The van der Waals surface area contributed by atoms with Crippen molar-refractivity contribution in [1.82, 2.24) is 4.57 Å². The highest BCUT2D eigenvalue weighted by Crippen LogP contribution is 2.39. The molecule has 0 amide bonds. The Kier molecular flexibility index (Phi) is 9.04. The van der Waals surface area contributed by atoms with Crippen LogP contribution in [0.4, 0.5) is 0 Å². The Bertz CT molecular complexity index is 1630. The normalized spacial score (nSPS) is 15.1. The van der Waals surface area contributed by atoms with Crippen molar-refractivity contribution in [3.63, 3.8) is 0 Å². The second-order valence-electron chi connectivity index (χ2n) is 8.54. The van der Waals surface area contributed by atoms with Crippen molar-refractivity contribution in [2.24, 2.45) is 4.99 Å². The minimum Gasteiger partial charge on any atom is -0.496 e. The lowest BCUT2D eigenvalue weighted by Crippen LogP contribution is -2.40. The molecule has 1 aromatic heterocycles. The second kappa shape index (κ2) is 12.3. The molecule has 2 aromatic carbocycles. The molecule has 0 radical (unpaired) electrons. The van der Waals surface area contributed by atoms with E-state index >= 15 is 0 Å². The van der Waals surface area contributed by atoms with E-state index in [-0.39, 0.29) is 17.7 Å². The molecule has 0 fully saturated rings. The van der Waals surface area contributed by atoms with E-state index in [1.807, 2.05) is 6.92 Å². The maximum atomic E-state index is 14.0. The fraction of sp³-hybridized carbons (Fsp3) is 0.321. The number of carbonyl (C=O) groups is 1. The third-order valence-electron chi connectivity index (χ3n) is 6.13. The van der Waals surface area contributed by atoms with Crippen LogP contribution >= 0.6 is 34.5 Å². The zero-order valence-electron chi connectivity index (χ0n) is 22.2. The molecule has 39 heavy (non-hydrogen) atoms. The van der Waals surface area contributed by atoms with Gasteiger partial charge in [-0.3, -0.25) is 9.36 Å². The van der Waals surface area contributed by atoms with Crippen molar-refractivity contribution in [3.8, 4) is 17.2 Å². The zero-order valence-corrected chi connectivity index (χ0v) is 24.5. The molecule has 8 nitrogen and oxygen atoms in total. The summed E-state index contributed by atoms with van der Waals surface area (Å²) in [6.45, 7) is 3.90. The number of esters is 1. The Balaban J connectivity index is 2.04. The summed E-state index contributed by atoms with van der Waals surface area (Å²) in [6, 6.07) is 7.66. The van der Waals surface area contributed by atoms with E-state index < -0.39 is 12.0 Å².